The van der Waals surface area contributed by atoms with Gasteiger partial charge in [0, 0.05) is 35.6 Å². The Morgan fingerprint density at radius 2 is 1.50 bits per heavy atom. The fourth-order valence-corrected chi connectivity index (χ4v) is 5.83. The number of hydrogen-bond acceptors (Lipinski definition) is 7. The number of aromatic nitrogens is 3. The Kier molecular flexibility index (Phi) is 8.60. The van der Waals surface area contributed by atoms with Crippen LogP contribution >= 0.6 is 15.9 Å². The van der Waals surface area contributed by atoms with Crippen LogP contribution in [-0.4, -0.2) is 46.4 Å². The van der Waals surface area contributed by atoms with Gasteiger partial charge in [-0.05, 0) is 69.0 Å². The lowest BCUT2D eigenvalue weighted by Gasteiger charge is -2.17. The van der Waals surface area contributed by atoms with Crippen LogP contribution in [0.15, 0.2) is 88.6 Å². The smallest absolute Gasteiger partial charge is 0.326 e. The van der Waals surface area contributed by atoms with Crippen molar-refractivity contribution in [2.45, 2.75) is 17.4 Å². The van der Waals surface area contributed by atoms with Crippen molar-refractivity contribution in [2.24, 2.45) is 0 Å². The van der Waals surface area contributed by atoms with Crippen molar-refractivity contribution in [1.29, 1.82) is 0 Å². The number of carboxylic acid groups (broad SMARTS) is 1. The highest BCUT2D eigenvalue weighted by atomic mass is 79.9. The average Bonchev–Trinajstić information content (AvgIpc) is 2.97. The van der Waals surface area contributed by atoms with Gasteiger partial charge in [-0.2, -0.15) is 4.39 Å². The molecule has 0 aliphatic rings. The van der Waals surface area contributed by atoms with E-state index in [4.69, 9.17) is 0 Å². The lowest BCUT2D eigenvalue weighted by molar-refractivity contribution is -0.139. The van der Waals surface area contributed by atoms with E-state index in [9.17, 15) is 27.5 Å². The number of fused-ring (bicyclic) bond motifs is 1. The summed E-state index contributed by atoms with van der Waals surface area (Å²) in [6, 6.07) is 10.8. The summed E-state index contributed by atoms with van der Waals surface area (Å²) in [5.41, 5.74) is 0.568. The Labute approximate surface area is 256 Å². The Morgan fingerprint density at radius 3 is 2.14 bits per heavy atom. The van der Waals surface area contributed by atoms with E-state index >= 15 is 8.78 Å². The molecule has 1 atom stereocenters. The Bertz CT molecular complexity index is 2010. The van der Waals surface area contributed by atoms with Gasteiger partial charge < -0.3 is 10.4 Å². The molecule has 1 amide bonds. The number of hydrogen-bond donors (Lipinski definition) is 3. The summed E-state index contributed by atoms with van der Waals surface area (Å²) in [5, 5.41) is 11.8. The number of carbonyl (C=O) groups is 2. The van der Waals surface area contributed by atoms with Crippen molar-refractivity contribution in [2.75, 3.05) is 4.72 Å². The SMILES string of the molecule is O=C(NC(Cc1ccc(Br)c2nccnc12)C(=O)O)c1c(F)cc(NS(=O)(=O)c2ccc(-c3ccnc(F)c3)cc2)cc1F. The van der Waals surface area contributed by atoms with Crippen LogP contribution in [0, 0.1) is 17.6 Å². The number of halogens is 4. The summed E-state index contributed by atoms with van der Waals surface area (Å²) < 4.78 is 71.8. The van der Waals surface area contributed by atoms with Gasteiger partial charge in [-0.3, -0.25) is 19.5 Å². The third-order valence-electron chi connectivity index (χ3n) is 6.43. The van der Waals surface area contributed by atoms with E-state index < -0.39 is 56.8 Å². The normalized spacial score (nSPS) is 12.1. The van der Waals surface area contributed by atoms with E-state index in [-0.39, 0.29) is 11.3 Å². The van der Waals surface area contributed by atoms with Gasteiger partial charge >= 0.3 is 5.97 Å². The van der Waals surface area contributed by atoms with Crippen LogP contribution < -0.4 is 10.0 Å². The highest BCUT2D eigenvalue weighted by molar-refractivity contribution is 9.10. The zero-order valence-electron chi connectivity index (χ0n) is 22.1. The van der Waals surface area contributed by atoms with Crippen LogP contribution in [0.4, 0.5) is 18.9 Å². The highest BCUT2D eigenvalue weighted by Crippen LogP contribution is 2.26. The average molecular weight is 686 g/mol. The fourth-order valence-electron chi connectivity index (χ4n) is 4.37. The number of anilines is 1. The lowest BCUT2D eigenvalue weighted by Crippen LogP contribution is -2.43. The molecule has 3 N–H and O–H groups in total. The second-order valence-electron chi connectivity index (χ2n) is 9.34. The molecule has 44 heavy (non-hydrogen) atoms. The number of carboxylic acids is 1. The molecule has 0 radical (unpaired) electrons. The molecule has 3 aromatic carbocycles. The van der Waals surface area contributed by atoms with Crippen LogP contribution in [0.1, 0.15) is 15.9 Å². The van der Waals surface area contributed by atoms with Gasteiger partial charge in [-0.25, -0.2) is 27.0 Å². The van der Waals surface area contributed by atoms with Crippen LogP contribution in [0.2, 0.25) is 0 Å². The molecule has 0 aliphatic heterocycles. The van der Waals surface area contributed by atoms with Crippen LogP contribution in [0.3, 0.4) is 0 Å². The molecule has 0 saturated heterocycles. The number of benzene rings is 3. The maximum Gasteiger partial charge on any atom is 0.326 e. The molecular weight excluding hydrogens is 667 g/mol. The summed E-state index contributed by atoms with van der Waals surface area (Å²) in [6.45, 7) is 0. The molecular formula is C29H19BrF3N5O5S. The van der Waals surface area contributed by atoms with Crippen molar-refractivity contribution in [3.8, 4) is 11.1 Å². The fraction of sp³-hybridized carbons (Fsp3) is 0.0690. The predicted molar refractivity (Wildman–Crippen MR) is 157 cm³/mol. The van der Waals surface area contributed by atoms with Crippen molar-refractivity contribution in [3.05, 3.63) is 112 Å². The van der Waals surface area contributed by atoms with E-state index in [0.717, 1.165) is 0 Å². The quantitative estimate of drug-likeness (QED) is 0.181. The van der Waals surface area contributed by atoms with Gasteiger partial charge in [0.1, 0.15) is 28.8 Å². The zero-order chi connectivity index (χ0) is 31.6. The minimum atomic E-state index is -4.34. The molecule has 5 aromatic rings. The number of rotatable bonds is 9. The number of amides is 1. The third kappa shape index (κ3) is 6.53. The summed E-state index contributed by atoms with van der Waals surface area (Å²) in [4.78, 5) is 36.4. The molecule has 0 spiro atoms. The molecule has 0 aliphatic carbocycles. The maximum atomic E-state index is 15.0. The minimum absolute atomic E-state index is 0.257. The molecule has 5 rings (SSSR count). The highest BCUT2D eigenvalue weighted by Gasteiger charge is 2.27. The summed E-state index contributed by atoms with van der Waals surface area (Å²) >= 11 is 3.34. The van der Waals surface area contributed by atoms with Crippen LogP contribution in [0.25, 0.3) is 22.2 Å². The van der Waals surface area contributed by atoms with Gasteiger partial charge in [-0.15, -0.1) is 0 Å². The predicted octanol–water partition coefficient (Wildman–Crippen LogP) is 5.10. The first-order valence-corrected chi connectivity index (χ1v) is 14.9. The third-order valence-corrected chi connectivity index (χ3v) is 8.47. The van der Waals surface area contributed by atoms with Crippen molar-refractivity contribution < 1.29 is 36.3 Å². The molecule has 1 unspecified atom stereocenters. The Hall–Kier alpha value is -4.89. The van der Waals surface area contributed by atoms with Crippen LogP contribution in [0.5, 0.6) is 0 Å². The topological polar surface area (TPSA) is 151 Å². The van der Waals surface area contributed by atoms with E-state index in [2.05, 4.69) is 36.2 Å². The first-order chi connectivity index (χ1) is 20.9. The Balaban J connectivity index is 1.33. The van der Waals surface area contributed by atoms with E-state index in [0.29, 0.717) is 44.3 Å². The lowest BCUT2D eigenvalue weighted by atomic mass is 10.0. The van der Waals surface area contributed by atoms with Gasteiger partial charge in [0.05, 0.1) is 16.1 Å². The van der Waals surface area contributed by atoms with E-state index in [1.807, 2.05) is 4.72 Å². The van der Waals surface area contributed by atoms with Crippen LogP contribution in [-0.2, 0) is 21.2 Å². The first kappa shape index (κ1) is 30.6. The van der Waals surface area contributed by atoms with Gasteiger partial charge in [0.2, 0.25) is 5.95 Å². The zero-order valence-corrected chi connectivity index (χ0v) is 24.5. The molecule has 2 aromatic heterocycles. The summed E-state index contributed by atoms with van der Waals surface area (Å²) in [5.74, 6) is -6.41. The standard InChI is InChI=1S/C29H19BrF3N5O5S/c30-20-6-3-17(26-27(20)36-10-9-35-26)11-23(29(40)41)37-28(39)25-21(31)13-18(14-22(25)32)38-44(42,43)19-4-1-15(2-5-19)16-7-8-34-24(33)12-16/h1-10,12-14,23,38H,11H2,(H,37,39)(H,40,41). The number of aliphatic carboxylic acids is 1. The number of nitrogens with zero attached hydrogens (tertiary/aromatic N) is 3. The van der Waals surface area contributed by atoms with Crippen molar-refractivity contribution in [1.82, 2.24) is 20.3 Å². The molecule has 0 saturated carbocycles. The monoisotopic (exact) mass is 685 g/mol. The number of pyridine rings is 1. The molecule has 0 fully saturated rings. The second-order valence-corrected chi connectivity index (χ2v) is 11.9. The molecule has 10 nitrogen and oxygen atoms in total. The molecule has 224 valence electrons. The Morgan fingerprint density at radius 1 is 0.841 bits per heavy atom. The summed E-state index contributed by atoms with van der Waals surface area (Å²) in [6.07, 6.45) is 3.84. The van der Waals surface area contributed by atoms with Gasteiger partial charge in [0.15, 0.2) is 0 Å². The van der Waals surface area contributed by atoms with E-state index in [1.54, 1.807) is 12.1 Å². The largest absolute Gasteiger partial charge is 0.480 e. The van der Waals surface area contributed by atoms with Crippen molar-refractivity contribution in [3.63, 3.8) is 0 Å². The van der Waals surface area contributed by atoms with Gasteiger partial charge in [0.25, 0.3) is 15.9 Å². The first-order valence-electron chi connectivity index (χ1n) is 12.6. The van der Waals surface area contributed by atoms with Gasteiger partial charge in [-0.1, -0.05) is 18.2 Å². The summed E-state index contributed by atoms with van der Waals surface area (Å²) in [7, 11) is -4.34. The number of carbonyl (C=O) groups excluding carboxylic acids is 1. The van der Waals surface area contributed by atoms with Crippen molar-refractivity contribution >= 4 is 54.6 Å². The molecule has 0 bridgehead atoms. The minimum Gasteiger partial charge on any atom is -0.480 e. The molecule has 2 heterocycles. The number of sulfonamides is 1. The van der Waals surface area contributed by atoms with E-state index in [1.165, 1.54) is 55.0 Å². The number of nitrogens with one attached hydrogen (secondary N) is 2. The maximum absolute atomic E-state index is 15.0. The second kappa shape index (κ2) is 12.4. The molecule has 15 heteroatoms.